The number of nitrogens with zero attached hydrogens (tertiary/aromatic N) is 1. The summed E-state index contributed by atoms with van der Waals surface area (Å²) < 4.78 is 32.5. The molecule has 25 heavy (non-hydrogen) atoms. The maximum absolute atomic E-state index is 13.8. The monoisotopic (exact) mass is 352 g/mol. The molecule has 2 N–H and O–H groups in total. The molecule has 1 amide bonds. The number of hydrogen-bond acceptors (Lipinski definition) is 4. The van der Waals surface area contributed by atoms with E-state index in [-0.39, 0.29) is 23.9 Å². The molecule has 0 aliphatic carbocycles. The first-order valence-electron chi connectivity index (χ1n) is 7.58. The molecule has 134 valence electrons. The van der Waals surface area contributed by atoms with E-state index in [0.29, 0.717) is 0 Å². The molecule has 0 radical (unpaired) electrons. The molecule has 1 atom stereocenters. The van der Waals surface area contributed by atoms with Crippen molar-refractivity contribution in [2.24, 2.45) is 5.92 Å². The van der Waals surface area contributed by atoms with Gasteiger partial charge in [-0.1, -0.05) is 19.9 Å². The van der Waals surface area contributed by atoms with E-state index in [1.54, 1.807) is 20.8 Å². The molecule has 1 aromatic carbocycles. The number of rotatable bonds is 6. The zero-order chi connectivity index (χ0) is 18.8. The lowest BCUT2D eigenvalue weighted by Crippen LogP contribution is -2.51. The average Bonchev–Trinajstić information content (AvgIpc) is 2.95. The molecule has 0 saturated carbocycles. The summed E-state index contributed by atoms with van der Waals surface area (Å²) in [6.45, 7) is 5.14. The van der Waals surface area contributed by atoms with E-state index in [1.165, 1.54) is 6.07 Å². The van der Waals surface area contributed by atoms with Crippen LogP contribution in [-0.4, -0.2) is 27.5 Å². The second-order valence-electron chi connectivity index (χ2n) is 6.23. The van der Waals surface area contributed by atoms with Gasteiger partial charge in [0.1, 0.15) is 23.5 Å². The van der Waals surface area contributed by atoms with Crippen molar-refractivity contribution in [3.63, 3.8) is 0 Å². The third-order valence-corrected chi connectivity index (χ3v) is 4.11. The molecule has 1 aromatic heterocycles. The first kappa shape index (κ1) is 18.6. The largest absolute Gasteiger partial charge is 0.481 e. The Labute approximate surface area is 142 Å². The number of oxazole rings is 1. The Kier molecular flexibility index (Phi) is 5.20. The molecule has 6 nitrogen and oxygen atoms in total. The summed E-state index contributed by atoms with van der Waals surface area (Å²) >= 11 is 0. The number of nitrogens with one attached hydrogen (secondary N) is 1. The molecular weight excluding hydrogens is 334 g/mol. The van der Waals surface area contributed by atoms with Crippen LogP contribution < -0.4 is 5.32 Å². The van der Waals surface area contributed by atoms with Gasteiger partial charge >= 0.3 is 5.97 Å². The van der Waals surface area contributed by atoms with E-state index >= 15 is 0 Å². The van der Waals surface area contributed by atoms with Gasteiger partial charge in [0, 0.05) is 0 Å². The first-order valence-corrected chi connectivity index (χ1v) is 7.58. The van der Waals surface area contributed by atoms with Gasteiger partial charge in [0.05, 0.1) is 12.0 Å². The van der Waals surface area contributed by atoms with Crippen LogP contribution in [0.4, 0.5) is 8.78 Å². The Morgan fingerprint density at radius 1 is 1.32 bits per heavy atom. The summed E-state index contributed by atoms with van der Waals surface area (Å²) in [5, 5.41) is 11.6. The first-order chi connectivity index (χ1) is 11.6. The van der Waals surface area contributed by atoms with Gasteiger partial charge in [0.2, 0.25) is 5.89 Å². The Hall–Kier alpha value is -2.77. The number of carboxylic acid groups (broad SMARTS) is 1. The SMILES string of the molecule is CC(C)C(C)(CC(=O)O)NC(=O)c1coc(-c2c(F)cccc2F)n1. The second-order valence-corrected chi connectivity index (χ2v) is 6.23. The van der Waals surface area contributed by atoms with Crippen LogP contribution >= 0.6 is 0 Å². The van der Waals surface area contributed by atoms with Crippen LogP contribution in [-0.2, 0) is 4.79 Å². The Morgan fingerprint density at radius 3 is 2.44 bits per heavy atom. The molecule has 8 heteroatoms. The fourth-order valence-electron chi connectivity index (χ4n) is 2.23. The molecule has 0 saturated heterocycles. The molecular formula is C17H18F2N2O4. The van der Waals surface area contributed by atoms with Crippen LogP contribution in [0.25, 0.3) is 11.5 Å². The molecule has 1 heterocycles. The van der Waals surface area contributed by atoms with E-state index < -0.39 is 34.6 Å². The van der Waals surface area contributed by atoms with Crippen molar-refractivity contribution in [1.82, 2.24) is 10.3 Å². The molecule has 0 fully saturated rings. The molecule has 0 aliphatic heterocycles. The van der Waals surface area contributed by atoms with E-state index in [9.17, 15) is 18.4 Å². The Morgan fingerprint density at radius 2 is 1.92 bits per heavy atom. The van der Waals surface area contributed by atoms with Gasteiger partial charge in [0.15, 0.2) is 5.69 Å². The quantitative estimate of drug-likeness (QED) is 0.833. The van der Waals surface area contributed by atoms with Crippen molar-refractivity contribution in [1.29, 1.82) is 0 Å². The van der Waals surface area contributed by atoms with Crippen molar-refractivity contribution in [3.8, 4) is 11.5 Å². The summed E-state index contributed by atoms with van der Waals surface area (Å²) in [5.74, 6) is -4.04. The highest BCUT2D eigenvalue weighted by Gasteiger charge is 2.34. The number of aromatic nitrogens is 1. The standard InChI is InChI=1S/C17H18F2N2O4/c1-9(2)17(3,7-13(22)23)21-15(24)12-8-25-16(20-12)14-10(18)5-4-6-11(14)19/h4-6,8-9H,7H2,1-3H3,(H,21,24)(H,22,23). The number of carboxylic acids is 1. The highest BCUT2D eigenvalue weighted by atomic mass is 19.1. The number of carbonyl (C=O) groups is 2. The van der Waals surface area contributed by atoms with Crippen LogP contribution in [0, 0.1) is 17.6 Å². The van der Waals surface area contributed by atoms with Crippen LogP contribution in [0.2, 0.25) is 0 Å². The van der Waals surface area contributed by atoms with Crippen LogP contribution in [0.3, 0.4) is 0 Å². The van der Waals surface area contributed by atoms with Crippen molar-refractivity contribution >= 4 is 11.9 Å². The van der Waals surface area contributed by atoms with Crippen LogP contribution in [0.15, 0.2) is 28.9 Å². The van der Waals surface area contributed by atoms with E-state index in [4.69, 9.17) is 9.52 Å². The van der Waals surface area contributed by atoms with Gasteiger partial charge in [-0.15, -0.1) is 0 Å². The number of halogens is 2. The minimum Gasteiger partial charge on any atom is -0.481 e. The topological polar surface area (TPSA) is 92.4 Å². The number of carbonyl (C=O) groups excluding carboxylic acids is 1. The predicted molar refractivity (Wildman–Crippen MR) is 84.8 cm³/mol. The number of benzene rings is 1. The Balaban J connectivity index is 2.27. The zero-order valence-corrected chi connectivity index (χ0v) is 14.0. The second kappa shape index (κ2) is 7.00. The molecule has 0 bridgehead atoms. The number of amides is 1. The summed E-state index contributed by atoms with van der Waals surface area (Å²) in [6.07, 6.45) is 0.682. The lowest BCUT2D eigenvalue weighted by molar-refractivity contribution is -0.138. The molecule has 0 aliphatic rings. The minimum absolute atomic E-state index is 0.178. The summed E-state index contributed by atoms with van der Waals surface area (Å²) in [6, 6.07) is 3.29. The molecule has 2 rings (SSSR count). The third-order valence-electron chi connectivity index (χ3n) is 4.11. The van der Waals surface area contributed by atoms with Crippen molar-refractivity contribution in [2.75, 3.05) is 0 Å². The Bertz CT molecular complexity index is 783. The zero-order valence-electron chi connectivity index (χ0n) is 14.0. The van der Waals surface area contributed by atoms with Crippen LogP contribution in [0.1, 0.15) is 37.7 Å². The lowest BCUT2D eigenvalue weighted by atomic mass is 9.85. The van der Waals surface area contributed by atoms with Crippen molar-refractivity contribution in [2.45, 2.75) is 32.7 Å². The normalized spacial score (nSPS) is 13.5. The van der Waals surface area contributed by atoms with Gasteiger partial charge in [-0.25, -0.2) is 13.8 Å². The smallest absolute Gasteiger partial charge is 0.305 e. The molecule has 0 spiro atoms. The van der Waals surface area contributed by atoms with E-state index in [1.807, 2.05) is 0 Å². The number of hydrogen-bond donors (Lipinski definition) is 2. The summed E-state index contributed by atoms with van der Waals surface area (Å²) in [7, 11) is 0. The van der Waals surface area contributed by atoms with Gasteiger partial charge in [-0.3, -0.25) is 9.59 Å². The van der Waals surface area contributed by atoms with Crippen molar-refractivity contribution < 1.29 is 27.9 Å². The van der Waals surface area contributed by atoms with Gasteiger partial charge in [-0.2, -0.15) is 0 Å². The fourth-order valence-corrected chi connectivity index (χ4v) is 2.23. The van der Waals surface area contributed by atoms with Gasteiger partial charge in [-0.05, 0) is 25.0 Å². The maximum Gasteiger partial charge on any atom is 0.305 e. The summed E-state index contributed by atoms with van der Waals surface area (Å²) in [4.78, 5) is 27.2. The molecule has 2 aromatic rings. The third kappa shape index (κ3) is 4.01. The highest BCUT2D eigenvalue weighted by Crippen LogP contribution is 2.26. The van der Waals surface area contributed by atoms with Gasteiger partial charge in [0.25, 0.3) is 5.91 Å². The number of aliphatic carboxylic acids is 1. The highest BCUT2D eigenvalue weighted by molar-refractivity contribution is 5.93. The van der Waals surface area contributed by atoms with E-state index in [2.05, 4.69) is 10.3 Å². The average molecular weight is 352 g/mol. The fraction of sp³-hybridized carbons (Fsp3) is 0.353. The maximum atomic E-state index is 13.8. The lowest BCUT2D eigenvalue weighted by Gasteiger charge is -2.33. The molecule has 1 unspecified atom stereocenters. The predicted octanol–water partition coefficient (Wildman–Crippen LogP) is 3.24. The minimum atomic E-state index is -1.06. The van der Waals surface area contributed by atoms with Crippen LogP contribution in [0.5, 0.6) is 0 Å². The summed E-state index contributed by atoms with van der Waals surface area (Å²) in [5.41, 5.74) is -1.70. The van der Waals surface area contributed by atoms with Gasteiger partial charge < -0.3 is 14.8 Å². The van der Waals surface area contributed by atoms with E-state index in [0.717, 1.165) is 18.4 Å². The van der Waals surface area contributed by atoms with Crippen molar-refractivity contribution in [3.05, 3.63) is 41.8 Å².